The number of ketones is 2. The summed E-state index contributed by atoms with van der Waals surface area (Å²) in [5, 5.41) is 73.9. The number of aromatic hydroxyl groups is 1. The minimum Gasteiger partial charge on any atom is -0.508 e. The van der Waals surface area contributed by atoms with Crippen molar-refractivity contribution >= 4 is 129 Å². The van der Waals surface area contributed by atoms with Gasteiger partial charge in [-0.3, -0.25) is 95.9 Å². The zero-order chi connectivity index (χ0) is 103. The molecule has 138 heavy (non-hydrogen) atoms. The number of phenols is 1. The third kappa shape index (κ3) is 38.2. The van der Waals surface area contributed by atoms with Gasteiger partial charge in [-0.2, -0.15) is 0 Å². The van der Waals surface area contributed by atoms with Gasteiger partial charge in [0.25, 0.3) is 0 Å². The topological polar surface area (TPSA) is 662 Å². The number of rotatable bonds is 37. The normalized spacial score (nSPS) is 22.0. The van der Waals surface area contributed by atoms with Gasteiger partial charge in [0.2, 0.25) is 112 Å². The first kappa shape index (κ1) is 115. The minimum atomic E-state index is -2.08. The molecule has 0 radical (unpaired) electrons. The number of carbonyl (C=O) groups is 20. The maximum absolute atomic E-state index is 15.6. The molecule has 4 aromatic rings. The SMILES string of the molecule is CC(=O)N[C@@H](CC(C)C)C(=O)N[C@H](C(=O)N[C@@H](Cc1ccccc1)C(=O)N[C@]1(C)CCCCCC/C=C/CCC[C@@](C)(C(=O)NC(C)C(=O)N[C@@H](C)C(=O)NC(C)C(=O)N[C@@H](C)C(=O)NC(C)C(=O)N[C@@H](C)C(N)=O)NC(=O)[C@H](CC(C)C)CN[C@@H](CCC(N)=O)C(=O)C(=O)C(C)NC(=O)[C@H](Cc2c[nH]c3ccccc23)NC(=O)C(Cc2ccc(O)cc2)NC(=O)[C@H](CCC(=O)O)NC1=O)[C@@H](C)O. The smallest absolute Gasteiger partial charge is 0.303 e. The molecule has 1 aromatic heterocycles. The molecule has 0 spiro atoms. The van der Waals surface area contributed by atoms with Crippen LogP contribution in [-0.2, 0) is 115 Å². The fourth-order valence-electron chi connectivity index (χ4n) is 15.2. The molecule has 24 N–H and O–H groups in total. The number of primary amides is 2. The molecule has 5 unspecified atom stereocenters. The van der Waals surface area contributed by atoms with Crippen LogP contribution < -0.4 is 96.5 Å². The number of aliphatic carboxylic acids is 1. The van der Waals surface area contributed by atoms with Gasteiger partial charge in [-0.1, -0.05) is 120 Å². The van der Waals surface area contributed by atoms with Crippen molar-refractivity contribution in [3.63, 3.8) is 0 Å². The molecule has 18 atom stereocenters. The maximum Gasteiger partial charge on any atom is 0.303 e. The molecule has 0 fully saturated rings. The Hall–Kier alpha value is -13.5. The lowest BCUT2D eigenvalue weighted by Crippen LogP contribution is -2.65. The van der Waals surface area contributed by atoms with E-state index in [0.29, 0.717) is 59.7 Å². The number of hydrogen-bond acceptors (Lipinski definition) is 23. The third-order valence-corrected chi connectivity index (χ3v) is 23.5. The highest BCUT2D eigenvalue weighted by Crippen LogP contribution is 2.25. The molecule has 42 heteroatoms. The first-order valence-electron chi connectivity index (χ1n) is 46.7. The average molecular weight is 1930 g/mol. The number of carbonyl (C=O) groups excluding carboxylic acids is 19. The summed E-state index contributed by atoms with van der Waals surface area (Å²) in [6, 6.07) is 0.0791. The molecule has 1 aliphatic heterocycles. The van der Waals surface area contributed by atoms with E-state index in [1.54, 1.807) is 88.5 Å². The number of allylic oxidation sites excluding steroid dienone is 2. The molecule has 0 saturated carbocycles. The molecule has 2 heterocycles. The van der Waals surface area contributed by atoms with Crippen LogP contribution in [-0.4, -0.2) is 247 Å². The summed E-state index contributed by atoms with van der Waals surface area (Å²) >= 11 is 0. The Balaban J connectivity index is 1.59. The monoisotopic (exact) mass is 1930 g/mol. The summed E-state index contributed by atoms with van der Waals surface area (Å²) < 4.78 is 0. The largest absolute Gasteiger partial charge is 0.508 e. The molecule has 17 amide bonds. The number of benzene rings is 3. The highest BCUT2D eigenvalue weighted by molar-refractivity contribution is 6.41. The molecule has 0 saturated heterocycles. The van der Waals surface area contributed by atoms with Gasteiger partial charge < -0.3 is 117 Å². The molecule has 0 bridgehead atoms. The van der Waals surface area contributed by atoms with Crippen LogP contribution in [0.4, 0.5) is 0 Å². The Labute approximate surface area is 803 Å². The number of carboxylic acids is 1. The van der Waals surface area contributed by atoms with E-state index >= 15 is 28.8 Å². The van der Waals surface area contributed by atoms with Crippen LogP contribution in [0.2, 0.25) is 0 Å². The van der Waals surface area contributed by atoms with Gasteiger partial charge in [0.15, 0.2) is 0 Å². The summed E-state index contributed by atoms with van der Waals surface area (Å²) in [4.78, 5) is 283. The molecule has 42 nitrogen and oxygen atoms in total. The predicted octanol–water partition coefficient (Wildman–Crippen LogP) is -0.00530. The Morgan fingerprint density at radius 3 is 1.56 bits per heavy atom. The molecule has 0 aliphatic carbocycles. The molecular weight excluding hydrogens is 1790 g/mol. The van der Waals surface area contributed by atoms with Crippen molar-refractivity contribution in [2.45, 2.75) is 321 Å². The number of para-hydroxylation sites is 1. The van der Waals surface area contributed by atoms with Crippen LogP contribution in [0, 0.1) is 17.8 Å². The molecule has 5 rings (SSSR count). The first-order chi connectivity index (χ1) is 64.8. The Bertz CT molecular complexity index is 4970. The lowest BCUT2D eigenvalue weighted by atomic mass is 9.89. The van der Waals surface area contributed by atoms with E-state index in [1.165, 1.54) is 100 Å². The van der Waals surface area contributed by atoms with Crippen molar-refractivity contribution in [3.05, 3.63) is 114 Å². The molecule has 1 aliphatic rings. The Morgan fingerprint density at radius 2 is 1.01 bits per heavy atom. The number of aromatic amines is 1. The first-order valence-corrected chi connectivity index (χ1v) is 46.7. The number of fused-ring (bicyclic) bond motifs is 1. The van der Waals surface area contributed by atoms with Crippen LogP contribution >= 0.6 is 0 Å². The quantitative estimate of drug-likeness (QED) is 0.0209. The fraction of sp³-hybridized carbons (Fsp3) is 0.562. The minimum absolute atomic E-state index is 0.0833. The zero-order valence-corrected chi connectivity index (χ0v) is 81.2. The van der Waals surface area contributed by atoms with Crippen molar-refractivity contribution in [2.24, 2.45) is 29.2 Å². The van der Waals surface area contributed by atoms with Crippen LogP contribution in [0.25, 0.3) is 10.9 Å². The van der Waals surface area contributed by atoms with Crippen molar-refractivity contribution in [3.8, 4) is 5.75 Å². The number of Topliss-reactive ketones (excluding diaryl/α,β-unsaturated/α-hetero) is 2. The van der Waals surface area contributed by atoms with E-state index in [0.717, 1.165) is 0 Å². The molecular formula is C96H141N19O23. The second kappa shape index (κ2) is 55.6. The number of amides is 17. The highest BCUT2D eigenvalue weighted by Gasteiger charge is 2.44. The number of hydrogen-bond donors (Lipinski definition) is 22. The summed E-state index contributed by atoms with van der Waals surface area (Å²) in [5.41, 5.74) is 8.75. The highest BCUT2D eigenvalue weighted by atomic mass is 16.4. The fourth-order valence-corrected chi connectivity index (χ4v) is 15.2. The number of nitrogens with two attached hydrogens (primary N) is 2. The zero-order valence-electron chi connectivity index (χ0n) is 81.2. The van der Waals surface area contributed by atoms with Gasteiger partial charge in [0.05, 0.1) is 24.1 Å². The molecule has 3 aromatic carbocycles. The van der Waals surface area contributed by atoms with Gasteiger partial charge in [-0.15, -0.1) is 0 Å². The van der Waals surface area contributed by atoms with E-state index < -0.39 is 258 Å². The van der Waals surface area contributed by atoms with Gasteiger partial charge in [0.1, 0.15) is 89.3 Å². The van der Waals surface area contributed by atoms with Gasteiger partial charge in [-0.25, -0.2) is 0 Å². The van der Waals surface area contributed by atoms with Crippen molar-refractivity contribution < 1.29 is 111 Å². The summed E-state index contributed by atoms with van der Waals surface area (Å²) in [6.07, 6.45) is 2.87. The van der Waals surface area contributed by atoms with Crippen molar-refractivity contribution in [1.82, 2.24) is 90.1 Å². The number of aliphatic hydroxyl groups excluding tert-OH is 1. The van der Waals surface area contributed by atoms with Gasteiger partial charge >= 0.3 is 5.97 Å². The number of H-pyrrole nitrogens is 1. The van der Waals surface area contributed by atoms with E-state index in [-0.39, 0.29) is 75.5 Å². The second-order valence-electron chi connectivity index (χ2n) is 36.8. The summed E-state index contributed by atoms with van der Waals surface area (Å²) in [6.45, 7) is 21.1. The van der Waals surface area contributed by atoms with Crippen molar-refractivity contribution in [2.75, 3.05) is 6.54 Å². The summed E-state index contributed by atoms with van der Waals surface area (Å²) in [5.74, 6) is -20.7. The number of aliphatic hydroxyl groups is 1. The predicted molar refractivity (Wildman–Crippen MR) is 509 cm³/mol. The number of carboxylic acid groups (broad SMARTS) is 1. The van der Waals surface area contributed by atoms with E-state index in [4.69, 9.17) is 11.5 Å². The van der Waals surface area contributed by atoms with Crippen LogP contribution in [0.15, 0.2) is 97.2 Å². The van der Waals surface area contributed by atoms with E-state index in [2.05, 4.69) is 90.1 Å². The lowest BCUT2D eigenvalue weighted by molar-refractivity contribution is -0.140. The number of nitrogens with one attached hydrogen (secondary N) is 17. The lowest BCUT2D eigenvalue weighted by Gasteiger charge is -2.34. The molecule has 758 valence electrons. The van der Waals surface area contributed by atoms with Gasteiger partial charge in [-0.05, 0) is 180 Å². The standard InChI is InChI=1S/C96H141N19O23/c1-51(2)44-65-50-100-69(38-40-75(97)119)79(123)78(122)53(5)101-88(132)74(48-64-49-99-68-33-27-26-32-67(64)68)110-89(133)72(47-63-34-36-66(118)37-35-63)109-87(131)70(39-41-76(120)121)112-94(138)96(15,115-91(135)73(46-62-30-24-23-25-31-62)111-92(136)77(60(12)116)113-90(134)71(45-52(3)4)108-61(13)117)43-29-22-20-18-16-17-19-21-28-42-95(14,114-86(65)130)93(137)107-59(11)85(129)106-58(10)84(128)105-57(9)83(127)104-56(8)82(126)103-55(7)81(125)102-54(6)80(98)124/h17,19,23-27,30-37,49,51-60,65,69-74,77,99-100,116,118H,16,18,20-22,28-29,38-48,50H2,1-15H3,(H2,97,119)(H2,98,124)(H,101,132)(H,102,125)(H,103,126)(H,104,127)(H,105,128)(H,106,129)(H,107,137)(H,108,117)(H,109,131)(H,110,133)(H,111,136)(H,112,138)(H,113,134)(H,114,130)(H,115,135)(H,120,121)/b19-17+/t53?,54-,55?,56-,57?,58-,59?,60+,65+,69-,70-,71-,72?,73-,74-,77-,95-,96+/m0/s1. The third-order valence-electron chi connectivity index (χ3n) is 23.5. The van der Waals surface area contributed by atoms with Crippen LogP contribution in [0.1, 0.15) is 217 Å². The second-order valence-corrected chi connectivity index (χ2v) is 36.8. The van der Waals surface area contributed by atoms with Crippen LogP contribution in [0.3, 0.4) is 0 Å². The van der Waals surface area contributed by atoms with Crippen molar-refractivity contribution in [1.29, 1.82) is 0 Å². The van der Waals surface area contributed by atoms with E-state index in [1.807, 2.05) is 12.2 Å². The van der Waals surface area contributed by atoms with Gasteiger partial charge in [0, 0.05) is 62.7 Å². The Kier molecular flexibility index (Phi) is 46.3. The van der Waals surface area contributed by atoms with E-state index in [9.17, 15) is 82.4 Å². The summed E-state index contributed by atoms with van der Waals surface area (Å²) in [7, 11) is 0. The number of aromatic nitrogens is 1. The average Bonchev–Trinajstić information content (AvgIpc) is 1.55. The maximum atomic E-state index is 15.6. The van der Waals surface area contributed by atoms with Crippen LogP contribution in [0.5, 0.6) is 5.75 Å². The number of phenolic OH excluding ortho intramolecular Hbond substituents is 1. The Morgan fingerprint density at radius 1 is 0.493 bits per heavy atom.